The Morgan fingerprint density at radius 1 is 0.552 bits per heavy atom. The topological polar surface area (TPSA) is 744 Å². The third-order valence-corrected chi connectivity index (χ3v) is 21.9. The standard InChI is InChI=1S/C25H40N7O18P3S.C23H38N7O17P3S/c1-13(33)8-16(35)54-7-6-27-15(34)4-5-28-23(38)20(37)25(2,3)10-47-53(44,45)50-52(42,43)46-9-14-19(49-51(39,40)41)18(36)24(48-14)32-12-31-17-21(26)29-11-30-22(17)32;1-12(31)51-7-6-25-14(32)4-5-26-21(35)18(34)23(2,3)9-44-50(41,42)47-49(39,40)43-8-13-17(46-48(36,37)38)16(33)22(45-13)30-11-29-15-19(24)27-10-28-20(15)30/h11-12,14,18-20,24,36-37H,4-10H2,1-3H3,(H,27,34)(H,28,38)(H,42,43)(H,44,45)(H2,26,29,30)(H2,39,40,41);10-11,13,16-18,22,33-34H,4-9H2,1-3H3,(H,25,32)(H,26,35)(H,39,40)(H,41,42)(H2,24,27,28)(H2,36,37,38)/t14-,18-,19-,20+,24-;13-,16-,17-,18+,22-/m11/s1. The molecule has 592 valence electrons. The number of thioether (sulfide) groups is 2. The number of Topliss-reactive ketones (excluding diaryl/α,β-unsaturated/α-hetero) is 1. The van der Waals surface area contributed by atoms with Crippen molar-refractivity contribution in [2.24, 2.45) is 10.8 Å². The Hall–Kier alpha value is -5.21. The molecule has 4 unspecified atom stereocenters. The monoisotopic (exact) mass is 1660 g/mol. The number of phosphoric ester groups is 6. The van der Waals surface area contributed by atoms with Gasteiger partial charge in [0, 0.05) is 68.3 Å². The molecule has 4 aromatic heterocycles. The van der Waals surface area contributed by atoms with Crippen molar-refractivity contribution < 1.29 is 166 Å². The number of nitrogens with zero attached hydrogens (tertiary/aromatic N) is 8. The first-order valence-electron chi connectivity index (χ1n) is 30.0. The number of ketones is 1. The molecule has 6 heterocycles. The second-order valence-electron chi connectivity index (χ2n) is 23.6. The summed E-state index contributed by atoms with van der Waals surface area (Å²) in [6, 6.07) is 0. The molecular weight excluding hydrogens is 1580 g/mol. The molecule has 6 rings (SSSR count). The van der Waals surface area contributed by atoms with Crippen molar-refractivity contribution in [3.05, 3.63) is 25.3 Å². The fourth-order valence-electron chi connectivity index (χ4n) is 8.87. The Labute approximate surface area is 601 Å². The minimum atomic E-state index is -5.58. The molecule has 57 heteroatoms. The minimum Gasteiger partial charge on any atom is -0.386 e. The van der Waals surface area contributed by atoms with Crippen molar-refractivity contribution in [1.82, 2.24) is 60.3 Å². The van der Waals surface area contributed by atoms with Crippen LogP contribution in [0.3, 0.4) is 0 Å². The summed E-state index contributed by atoms with van der Waals surface area (Å²) in [6.07, 6.45) is -14.1. The summed E-state index contributed by atoms with van der Waals surface area (Å²) >= 11 is 1.90. The number of imidazole rings is 2. The van der Waals surface area contributed by atoms with Crippen LogP contribution in [0.5, 0.6) is 0 Å². The van der Waals surface area contributed by atoms with Crippen molar-refractivity contribution in [3.8, 4) is 0 Å². The lowest BCUT2D eigenvalue weighted by Gasteiger charge is -2.30. The van der Waals surface area contributed by atoms with Crippen molar-refractivity contribution in [1.29, 1.82) is 0 Å². The Bertz CT molecular complexity index is 4040. The van der Waals surface area contributed by atoms with Crippen molar-refractivity contribution in [2.75, 3.05) is 75.6 Å². The third kappa shape index (κ3) is 29.0. The first kappa shape index (κ1) is 90.4. The van der Waals surface area contributed by atoms with E-state index in [4.69, 9.17) is 39.0 Å². The van der Waals surface area contributed by atoms with E-state index >= 15 is 0 Å². The molecule has 0 saturated carbocycles. The van der Waals surface area contributed by atoms with Gasteiger partial charge in [-0.25, -0.2) is 57.3 Å². The third-order valence-electron chi connectivity index (χ3n) is 14.0. The predicted octanol–water partition coefficient (Wildman–Crippen LogP) is -2.67. The molecule has 0 spiro atoms. The molecule has 0 aromatic carbocycles. The van der Waals surface area contributed by atoms with Crippen LogP contribution in [0, 0.1) is 10.8 Å². The smallest absolute Gasteiger partial charge is 0.386 e. The Morgan fingerprint density at radius 3 is 1.27 bits per heavy atom. The zero-order chi connectivity index (χ0) is 79.0. The highest BCUT2D eigenvalue weighted by atomic mass is 32.2. The van der Waals surface area contributed by atoms with Crippen LogP contribution in [0.25, 0.3) is 22.3 Å². The normalized spacial score (nSPS) is 22.3. The number of carbonyl (C=O) groups excluding carboxylic acids is 7. The van der Waals surface area contributed by atoms with Crippen LogP contribution in [0.1, 0.15) is 73.3 Å². The van der Waals surface area contributed by atoms with E-state index in [0.29, 0.717) is 5.75 Å². The number of carbonyl (C=O) groups is 7. The average molecular weight is 1660 g/mol. The first-order valence-corrected chi connectivity index (χ1v) is 41.0. The molecule has 105 heavy (non-hydrogen) atoms. The zero-order valence-electron chi connectivity index (χ0n) is 55.8. The zero-order valence-corrected chi connectivity index (χ0v) is 62.8. The molecule has 49 nitrogen and oxygen atoms in total. The van der Waals surface area contributed by atoms with Crippen molar-refractivity contribution in [3.63, 3.8) is 0 Å². The molecule has 2 aliphatic rings. The van der Waals surface area contributed by atoms with E-state index in [0.717, 1.165) is 58.0 Å². The second kappa shape index (κ2) is 38.4. The lowest BCUT2D eigenvalue weighted by Crippen LogP contribution is -2.46. The van der Waals surface area contributed by atoms with Gasteiger partial charge in [-0.15, -0.1) is 0 Å². The fraction of sp³-hybridized carbons (Fsp3) is 0.646. The molecule has 20 N–H and O–H groups in total. The van der Waals surface area contributed by atoms with Gasteiger partial charge >= 0.3 is 46.9 Å². The molecule has 0 bridgehead atoms. The summed E-state index contributed by atoms with van der Waals surface area (Å²) in [5, 5.41) is 51.9. The van der Waals surface area contributed by atoms with E-state index < -0.39 is 169 Å². The molecule has 0 aliphatic carbocycles. The summed E-state index contributed by atoms with van der Waals surface area (Å²) in [6.45, 7) is 3.48. The lowest BCUT2D eigenvalue weighted by molar-refractivity contribution is -0.137. The number of amides is 4. The van der Waals surface area contributed by atoms with Crippen LogP contribution < -0.4 is 32.7 Å². The number of anilines is 2. The Balaban J connectivity index is 0.000000378. The number of fused-ring (bicyclic) bond motifs is 2. The average Bonchev–Trinajstić information content (AvgIpc) is 1.63. The highest BCUT2D eigenvalue weighted by Crippen LogP contribution is 2.63. The predicted molar refractivity (Wildman–Crippen MR) is 355 cm³/mol. The lowest BCUT2D eigenvalue weighted by atomic mass is 9.87. The fourth-order valence-corrected chi connectivity index (χ4v) is 15.8. The molecule has 14 atom stereocenters. The second-order valence-corrected chi connectivity index (χ2v) is 34.5. The molecule has 2 fully saturated rings. The Morgan fingerprint density at radius 2 is 0.914 bits per heavy atom. The van der Waals surface area contributed by atoms with Gasteiger partial charge in [-0.2, -0.15) is 8.62 Å². The van der Waals surface area contributed by atoms with Gasteiger partial charge in [0.1, 0.15) is 78.3 Å². The van der Waals surface area contributed by atoms with Crippen LogP contribution in [-0.4, -0.2) is 251 Å². The number of ether oxygens (including phenoxy) is 2. The van der Waals surface area contributed by atoms with E-state index in [1.165, 1.54) is 41.5 Å². The number of hydrogen-bond acceptors (Lipinski definition) is 37. The largest absolute Gasteiger partial charge is 0.481 e. The number of nitrogens with two attached hydrogens (primary N) is 2. The van der Waals surface area contributed by atoms with Crippen LogP contribution in [-0.2, 0) is 106 Å². The maximum atomic E-state index is 12.6. The number of nitrogen functional groups attached to an aromatic ring is 2. The van der Waals surface area contributed by atoms with Crippen LogP contribution in [0.15, 0.2) is 25.3 Å². The van der Waals surface area contributed by atoms with E-state index in [2.05, 4.69) is 68.8 Å². The van der Waals surface area contributed by atoms with Gasteiger partial charge in [0.2, 0.25) is 23.6 Å². The minimum absolute atomic E-state index is 0.0240. The number of aliphatic hydroxyl groups excluding tert-OH is 4. The van der Waals surface area contributed by atoms with Gasteiger partial charge < -0.3 is 102 Å². The van der Waals surface area contributed by atoms with Crippen LogP contribution >= 0.6 is 70.5 Å². The van der Waals surface area contributed by atoms with Crippen LogP contribution in [0.4, 0.5) is 11.6 Å². The number of aliphatic hydroxyl groups is 4. The summed E-state index contributed by atoms with van der Waals surface area (Å²) in [5.41, 5.74) is 8.48. The van der Waals surface area contributed by atoms with Gasteiger partial charge in [-0.1, -0.05) is 51.2 Å². The molecule has 4 amide bonds. The number of aromatic nitrogens is 8. The summed E-state index contributed by atoms with van der Waals surface area (Å²) in [5.74, 6) is -2.69. The number of hydrogen-bond donors (Lipinski definition) is 18. The number of rotatable bonds is 40. The molecule has 2 aliphatic heterocycles. The summed E-state index contributed by atoms with van der Waals surface area (Å²) in [4.78, 5) is 184. The van der Waals surface area contributed by atoms with E-state index in [-0.39, 0.29) is 101 Å². The Kier molecular flexibility index (Phi) is 33.1. The van der Waals surface area contributed by atoms with E-state index in [9.17, 15) is 121 Å². The van der Waals surface area contributed by atoms with Crippen molar-refractivity contribution in [2.45, 2.75) is 122 Å². The molecule has 4 aromatic rings. The van der Waals surface area contributed by atoms with Gasteiger partial charge in [0.15, 0.2) is 45.6 Å². The quantitative estimate of drug-likeness (QED) is 0.0123. The van der Waals surface area contributed by atoms with Crippen molar-refractivity contribution >= 4 is 144 Å². The van der Waals surface area contributed by atoms with Gasteiger partial charge in [-0.05, 0) is 6.92 Å². The number of nitrogens with one attached hydrogen (secondary N) is 4. The van der Waals surface area contributed by atoms with E-state index in [1.807, 2.05) is 0 Å². The molecular formula is C48H78N14O35P6S2. The first-order chi connectivity index (χ1) is 48.4. The molecule has 0 radical (unpaired) electrons. The van der Waals surface area contributed by atoms with Crippen LogP contribution in [0.2, 0.25) is 0 Å². The van der Waals surface area contributed by atoms with Gasteiger partial charge in [0.25, 0.3) is 0 Å². The van der Waals surface area contributed by atoms with Gasteiger partial charge in [-0.3, -0.25) is 69.8 Å². The summed E-state index contributed by atoms with van der Waals surface area (Å²) in [7, 11) is -32.8. The maximum Gasteiger partial charge on any atom is 0.481 e. The maximum absolute atomic E-state index is 12.6. The highest BCUT2D eigenvalue weighted by Gasteiger charge is 2.53. The number of phosphoric acid groups is 6. The molecule has 2 saturated heterocycles. The summed E-state index contributed by atoms with van der Waals surface area (Å²) < 4.78 is 124. The van der Waals surface area contributed by atoms with Gasteiger partial charge in [0.05, 0.1) is 45.5 Å². The SMILES string of the molecule is CC(=O)CC(=O)SCCNC(=O)CCNC(=O)[C@H](O)C(C)(C)COP(=O)(O)OP(=O)(O)OC[C@H]1O[C@@H](n2cnc3c(N)ncnc32)[C@H](O)[C@@H]1OP(=O)(O)O.CC(=O)SCCNC(=O)CCNC(=O)[C@H](O)C(C)(C)COP(=O)(O)OP(=O)(O)OC[C@H]1O[C@@H](n2cnc3c(N)ncnc32)[C@H](O)[C@@H]1OP(=O)(O)O. The highest BCUT2D eigenvalue weighted by molar-refractivity contribution is 8.13. The van der Waals surface area contributed by atoms with E-state index in [1.54, 1.807) is 0 Å².